The molecule has 0 N–H and O–H groups in total. The molecule has 0 spiro atoms. The van der Waals surface area contributed by atoms with E-state index in [1.54, 1.807) is 0 Å². The highest BCUT2D eigenvalue weighted by Crippen LogP contribution is 2.29. The summed E-state index contributed by atoms with van der Waals surface area (Å²) in [5, 5.41) is 0. The van der Waals surface area contributed by atoms with E-state index in [-0.39, 0.29) is 0 Å². The quantitative estimate of drug-likeness (QED) is 0.527. The molecular formula is C11H16S2. The smallest absolute Gasteiger partial charge is 0.0208 e. The summed E-state index contributed by atoms with van der Waals surface area (Å²) in [5.74, 6) is 1.24. The summed E-state index contributed by atoms with van der Waals surface area (Å²) in [5.41, 5.74) is 0. The minimum atomic E-state index is 1.24. The van der Waals surface area contributed by atoms with Gasteiger partial charge in [-0.1, -0.05) is 25.5 Å². The van der Waals surface area contributed by atoms with Crippen LogP contribution in [0.15, 0.2) is 34.1 Å². The molecule has 0 atom stereocenters. The number of benzene rings is 1. The molecular weight excluding hydrogens is 196 g/mol. The summed E-state index contributed by atoms with van der Waals surface area (Å²) < 4.78 is 0. The first-order valence-electron chi connectivity index (χ1n) is 4.64. The van der Waals surface area contributed by atoms with Gasteiger partial charge in [-0.25, -0.2) is 0 Å². The van der Waals surface area contributed by atoms with Gasteiger partial charge < -0.3 is 0 Å². The molecule has 0 aliphatic rings. The average molecular weight is 212 g/mol. The molecule has 0 aliphatic heterocycles. The van der Waals surface area contributed by atoms with Gasteiger partial charge in [0.2, 0.25) is 0 Å². The van der Waals surface area contributed by atoms with Crippen LogP contribution in [0.4, 0.5) is 0 Å². The fraction of sp³-hybridized carbons (Fsp3) is 0.455. The van der Waals surface area contributed by atoms with Crippen molar-refractivity contribution in [3.63, 3.8) is 0 Å². The highest BCUT2D eigenvalue weighted by Gasteiger charge is 1.99. The molecule has 0 unspecified atom stereocenters. The van der Waals surface area contributed by atoms with Crippen molar-refractivity contribution in [2.75, 3.05) is 12.0 Å². The SMILES string of the molecule is CCCCSc1ccccc1SC. The molecule has 0 amide bonds. The van der Waals surface area contributed by atoms with Crippen LogP contribution >= 0.6 is 23.5 Å². The number of hydrogen-bond acceptors (Lipinski definition) is 2. The molecule has 0 heterocycles. The molecule has 1 rings (SSSR count). The number of thioether (sulfide) groups is 2. The standard InChI is InChI=1S/C11H16S2/c1-3-4-9-13-11-8-6-5-7-10(11)12-2/h5-8H,3-4,9H2,1-2H3. The summed E-state index contributed by atoms with van der Waals surface area (Å²) in [6, 6.07) is 8.63. The van der Waals surface area contributed by atoms with Gasteiger partial charge in [-0.3, -0.25) is 0 Å². The first-order chi connectivity index (χ1) is 6.38. The van der Waals surface area contributed by atoms with Gasteiger partial charge in [0, 0.05) is 9.79 Å². The first-order valence-corrected chi connectivity index (χ1v) is 6.85. The lowest BCUT2D eigenvalue weighted by atomic mass is 10.4. The molecule has 0 radical (unpaired) electrons. The number of unbranched alkanes of at least 4 members (excludes halogenated alkanes) is 1. The van der Waals surface area contributed by atoms with Gasteiger partial charge in [-0.05, 0) is 30.6 Å². The van der Waals surface area contributed by atoms with E-state index in [2.05, 4.69) is 37.4 Å². The molecule has 13 heavy (non-hydrogen) atoms. The van der Waals surface area contributed by atoms with Crippen molar-refractivity contribution in [3.05, 3.63) is 24.3 Å². The second-order valence-corrected chi connectivity index (χ2v) is 4.84. The minimum absolute atomic E-state index is 1.24. The third kappa shape index (κ3) is 3.65. The van der Waals surface area contributed by atoms with E-state index in [1.807, 2.05) is 23.5 Å². The Bertz CT molecular complexity index is 246. The van der Waals surface area contributed by atoms with Crippen molar-refractivity contribution >= 4 is 23.5 Å². The minimum Gasteiger partial charge on any atom is -0.128 e. The van der Waals surface area contributed by atoms with Crippen LogP contribution in [0.3, 0.4) is 0 Å². The van der Waals surface area contributed by atoms with Crippen LogP contribution in [-0.2, 0) is 0 Å². The molecule has 72 valence electrons. The summed E-state index contributed by atoms with van der Waals surface area (Å²) in [7, 11) is 0. The Labute approximate surface area is 89.5 Å². The Kier molecular flexibility index (Phi) is 5.40. The van der Waals surface area contributed by atoms with Gasteiger partial charge >= 0.3 is 0 Å². The molecule has 0 saturated heterocycles. The molecule has 0 bridgehead atoms. The maximum absolute atomic E-state index is 2.24. The van der Waals surface area contributed by atoms with Gasteiger partial charge in [0.25, 0.3) is 0 Å². The summed E-state index contributed by atoms with van der Waals surface area (Å²) in [6.07, 6.45) is 4.74. The van der Waals surface area contributed by atoms with Crippen molar-refractivity contribution < 1.29 is 0 Å². The van der Waals surface area contributed by atoms with Gasteiger partial charge in [-0.15, -0.1) is 23.5 Å². The Morgan fingerprint density at radius 3 is 2.46 bits per heavy atom. The van der Waals surface area contributed by atoms with E-state index in [0.29, 0.717) is 0 Å². The van der Waals surface area contributed by atoms with Crippen LogP contribution in [0.1, 0.15) is 19.8 Å². The van der Waals surface area contributed by atoms with Crippen LogP contribution in [0.25, 0.3) is 0 Å². The predicted octanol–water partition coefficient (Wildman–Crippen LogP) is 4.30. The zero-order valence-corrected chi connectivity index (χ0v) is 9.88. The monoisotopic (exact) mass is 212 g/mol. The molecule has 0 fully saturated rings. The maximum atomic E-state index is 2.24. The van der Waals surface area contributed by atoms with E-state index in [9.17, 15) is 0 Å². The van der Waals surface area contributed by atoms with Crippen molar-refractivity contribution in [3.8, 4) is 0 Å². The van der Waals surface area contributed by atoms with E-state index < -0.39 is 0 Å². The largest absolute Gasteiger partial charge is 0.128 e. The second-order valence-electron chi connectivity index (χ2n) is 2.85. The Hall–Kier alpha value is -0.0800. The second kappa shape index (κ2) is 6.39. The third-order valence-electron chi connectivity index (χ3n) is 1.82. The molecule has 0 nitrogen and oxygen atoms in total. The average Bonchev–Trinajstić information content (AvgIpc) is 2.19. The zero-order chi connectivity index (χ0) is 9.52. The van der Waals surface area contributed by atoms with Crippen molar-refractivity contribution in [2.45, 2.75) is 29.6 Å². The molecule has 0 aliphatic carbocycles. The lowest BCUT2D eigenvalue weighted by Crippen LogP contribution is -1.80. The van der Waals surface area contributed by atoms with E-state index >= 15 is 0 Å². The molecule has 1 aromatic rings. The van der Waals surface area contributed by atoms with E-state index in [4.69, 9.17) is 0 Å². The lowest BCUT2D eigenvalue weighted by Gasteiger charge is -2.05. The third-order valence-corrected chi connectivity index (χ3v) is 3.91. The Morgan fingerprint density at radius 2 is 1.85 bits per heavy atom. The first kappa shape index (κ1) is 11.0. The summed E-state index contributed by atoms with van der Waals surface area (Å²) in [6.45, 7) is 2.24. The topological polar surface area (TPSA) is 0 Å². The summed E-state index contributed by atoms with van der Waals surface area (Å²) >= 11 is 3.81. The van der Waals surface area contributed by atoms with Gasteiger partial charge in [0.1, 0.15) is 0 Å². The lowest BCUT2D eigenvalue weighted by molar-refractivity contribution is 0.895. The van der Waals surface area contributed by atoms with Crippen LogP contribution in [-0.4, -0.2) is 12.0 Å². The molecule has 2 heteroatoms. The number of hydrogen-bond donors (Lipinski definition) is 0. The van der Waals surface area contributed by atoms with Crippen LogP contribution in [0.2, 0.25) is 0 Å². The van der Waals surface area contributed by atoms with Crippen LogP contribution in [0, 0.1) is 0 Å². The van der Waals surface area contributed by atoms with E-state index in [1.165, 1.54) is 28.4 Å². The molecule has 0 saturated carbocycles. The normalized spacial score (nSPS) is 10.3. The van der Waals surface area contributed by atoms with Crippen molar-refractivity contribution in [2.24, 2.45) is 0 Å². The van der Waals surface area contributed by atoms with Crippen molar-refractivity contribution in [1.29, 1.82) is 0 Å². The van der Waals surface area contributed by atoms with Gasteiger partial charge in [-0.2, -0.15) is 0 Å². The highest BCUT2D eigenvalue weighted by atomic mass is 32.2. The van der Waals surface area contributed by atoms with Gasteiger partial charge in [0.05, 0.1) is 0 Å². The van der Waals surface area contributed by atoms with Gasteiger partial charge in [0.15, 0.2) is 0 Å². The van der Waals surface area contributed by atoms with E-state index in [0.717, 1.165) is 0 Å². The summed E-state index contributed by atoms with van der Waals surface area (Å²) in [4.78, 5) is 2.84. The maximum Gasteiger partial charge on any atom is 0.0208 e. The predicted molar refractivity (Wildman–Crippen MR) is 63.9 cm³/mol. The molecule has 1 aromatic carbocycles. The fourth-order valence-electron chi connectivity index (χ4n) is 1.06. The zero-order valence-electron chi connectivity index (χ0n) is 8.25. The van der Waals surface area contributed by atoms with Crippen molar-refractivity contribution in [1.82, 2.24) is 0 Å². The fourth-order valence-corrected chi connectivity index (χ4v) is 3.01. The van der Waals surface area contributed by atoms with Crippen LogP contribution < -0.4 is 0 Å². The molecule has 0 aromatic heterocycles. The van der Waals surface area contributed by atoms with Crippen LogP contribution in [0.5, 0.6) is 0 Å². The highest BCUT2D eigenvalue weighted by molar-refractivity contribution is 8.02. The Balaban J connectivity index is 2.54. The Morgan fingerprint density at radius 1 is 1.15 bits per heavy atom. The number of rotatable bonds is 5.